The molecule has 2 bridgehead atoms. The number of hydrogen-bond donors (Lipinski definition) is 0. The maximum atomic E-state index is 13.2. The third-order valence-corrected chi connectivity index (χ3v) is 6.02. The van der Waals surface area contributed by atoms with E-state index in [9.17, 15) is 4.79 Å². The molecule has 144 valence electrons. The van der Waals surface area contributed by atoms with Gasteiger partial charge in [0, 0.05) is 41.2 Å². The molecule has 0 unspecified atom stereocenters. The number of nitrogens with zero attached hydrogens (tertiary/aromatic N) is 2. The van der Waals surface area contributed by atoms with Crippen LogP contribution in [0.1, 0.15) is 24.8 Å². The topological polar surface area (TPSA) is 43.7 Å². The molecule has 1 aliphatic heterocycles. The molecule has 2 fully saturated rings. The lowest BCUT2D eigenvalue weighted by Crippen LogP contribution is -2.35. The van der Waals surface area contributed by atoms with E-state index in [1.165, 1.54) is 19.3 Å². The van der Waals surface area contributed by atoms with Crippen molar-refractivity contribution in [3.05, 3.63) is 45.7 Å². The van der Waals surface area contributed by atoms with Gasteiger partial charge in [0.25, 0.3) is 5.56 Å². The number of halogens is 1. The molecule has 1 aromatic carbocycles. The number of aromatic nitrogens is 1. The second kappa shape index (κ2) is 7.21. The zero-order chi connectivity index (χ0) is 19.1. The predicted molar refractivity (Wildman–Crippen MR) is 108 cm³/mol. The summed E-state index contributed by atoms with van der Waals surface area (Å²) in [6, 6.07) is 6.35. The summed E-state index contributed by atoms with van der Waals surface area (Å²) >= 11 is 6.07. The zero-order valence-electron chi connectivity index (χ0n) is 15.8. The van der Waals surface area contributed by atoms with E-state index in [1.54, 1.807) is 18.8 Å². The van der Waals surface area contributed by atoms with E-state index in [0.29, 0.717) is 29.1 Å². The molecule has 1 aliphatic carbocycles. The summed E-state index contributed by atoms with van der Waals surface area (Å²) in [7, 11) is 3.20. The van der Waals surface area contributed by atoms with E-state index in [4.69, 9.17) is 21.1 Å². The van der Waals surface area contributed by atoms with Crippen molar-refractivity contribution in [3.8, 4) is 11.5 Å². The minimum Gasteiger partial charge on any atom is -0.493 e. The smallest absolute Gasteiger partial charge is 0.255 e. The molecular formula is C21H25ClN2O3. The number of piperidine rings is 1. The zero-order valence-corrected chi connectivity index (χ0v) is 16.6. The summed E-state index contributed by atoms with van der Waals surface area (Å²) in [6.45, 7) is 5.82. The lowest BCUT2D eigenvalue weighted by Gasteiger charge is -2.27. The Morgan fingerprint density at radius 1 is 1.22 bits per heavy atom. The number of hydrogen-bond acceptors (Lipinski definition) is 4. The quantitative estimate of drug-likeness (QED) is 0.755. The van der Waals surface area contributed by atoms with Crippen molar-refractivity contribution in [1.82, 2.24) is 9.47 Å². The Morgan fingerprint density at radius 3 is 2.56 bits per heavy atom. The lowest BCUT2D eigenvalue weighted by molar-refractivity contribution is 0.204. The second-order valence-electron chi connectivity index (χ2n) is 7.61. The Morgan fingerprint density at radius 2 is 1.96 bits per heavy atom. The van der Waals surface area contributed by atoms with Gasteiger partial charge in [-0.2, -0.15) is 0 Å². The highest BCUT2D eigenvalue weighted by molar-refractivity contribution is 6.29. The first kappa shape index (κ1) is 18.4. The van der Waals surface area contributed by atoms with Gasteiger partial charge >= 0.3 is 0 Å². The van der Waals surface area contributed by atoms with E-state index < -0.39 is 0 Å². The molecule has 1 saturated heterocycles. The van der Waals surface area contributed by atoms with Gasteiger partial charge in [-0.05, 0) is 37.3 Å². The SMILES string of the molecule is C=C(Cl)Cn1c(=O)c(CN2C[C@H]3CC[C@H]2C3)cc2cc(OC)c(OC)cc21. The van der Waals surface area contributed by atoms with Crippen molar-refractivity contribution in [2.45, 2.75) is 38.4 Å². The van der Waals surface area contributed by atoms with Crippen molar-refractivity contribution >= 4 is 22.5 Å². The number of fused-ring (bicyclic) bond motifs is 3. The van der Waals surface area contributed by atoms with E-state index in [0.717, 1.165) is 28.9 Å². The number of likely N-dealkylation sites (tertiary alicyclic amines) is 1. The molecule has 6 heteroatoms. The van der Waals surface area contributed by atoms with Gasteiger partial charge in [-0.15, -0.1) is 0 Å². The van der Waals surface area contributed by atoms with Crippen molar-refractivity contribution < 1.29 is 9.47 Å². The van der Waals surface area contributed by atoms with Crippen LogP contribution >= 0.6 is 11.6 Å². The Bertz CT molecular complexity index is 953. The van der Waals surface area contributed by atoms with Gasteiger partial charge in [-0.25, -0.2) is 0 Å². The third kappa shape index (κ3) is 3.34. The highest BCUT2D eigenvalue weighted by Crippen LogP contribution is 2.38. The number of methoxy groups -OCH3 is 2. The molecule has 27 heavy (non-hydrogen) atoms. The monoisotopic (exact) mass is 388 g/mol. The summed E-state index contributed by atoms with van der Waals surface area (Å²) in [6.07, 6.45) is 3.84. The summed E-state index contributed by atoms with van der Waals surface area (Å²) < 4.78 is 12.5. The number of rotatable bonds is 6. The van der Waals surface area contributed by atoms with Gasteiger partial charge in [0.2, 0.25) is 0 Å². The molecule has 2 heterocycles. The summed E-state index contributed by atoms with van der Waals surface area (Å²) in [5.41, 5.74) is 1.55. The number of ether oxygens (including phenoxy) is 2. The van der Waals surface area contributed by atoms with Gasteiger partial charge in [-0.1, -0.05) is 18.2 Å². The van der Waals surface area contributed by atoms with Crippen LogP contribution in [0.15, 0.2) is 34.6 Å². The maximum Gasteiger partial charge on any atom is 0.255 e. The largest absolute Gasteiger partial charge is 0.493 e. The Balaban J connectivity index is 1.82. The number of benzene rings is 1. The van der Waals surface area contributed by atoms with Crippen LogP contribution in [0.2, 0.25) is 0 Å². The third-order valence-electron chi connectivity index (χ3n) is 5.90. The number of allylic oxidation sites excluding steroid dienone is 1. The maximum absolute atomic E-state index is 13.2. The second-order valence-corrected chi connectivity index (χ2v) is 8.14. The Hall–Kier alpha value is -1.98. The fraction of sp³-hybridized carbons (Fsp3) is 0.476. The fourth-order valence-corrected chi connectivity index (χ4v) is 4.77. The Labute approximate surface area is 164 Å². The summed E-state index contributed by atoms with van der Waals surface area (Å²) in [4.78, 5) is 15.7. The molecule has 1 saturated carbocycles. The van der Waals surface area contributed by atoms with Gasteiger partial charge < -0.3 is 14.0 Å². The Kier molecular flexibility index (Phi) is 4.91. The van der Waals surface area contributed by atoms with Gasteiger partial charge in [0.05, 0.1) is 26.3 Å². The van der Waals surface area contributed by atoms with Crippen LogP contribution < -0.4 is 15.0 Å². The van der Waals surface area contributed by atoms with E-state index in [-0.39, 0.29) is 12.1 Å². The van der Waals surface area contributed by atoms with Gasteiger partial charge in [0.15, 0.2) is 11.5 Å². The van der Waals surface area contributed by atoms with Gasteiger partial charge in [0.1, 0.15) is 0 Å². The van der Waals surface area contributed by atoms with Crippen LogP contribution in [0.5, 0.6) is 11.5 Å². The van der Waals surface area contributed by atoms with E-state index >= 15 is 0 Å². The molecule has 1 aromatic heterocycles. The van der Waals surface area contributed by atoms with Crippen molar-refractivity contribution in [3.63, 3.8) is 0 Å². The highest BCUT2D eigenvalue weighted by atomic mass is 35.5. The molecule has 0 N–H and O–H groups in total. The summed E-state index contributed by atoms with van der Waals surface area (Å²) in [5.74, 6) is 2.03. The molecule has 0 radical (unpaired) electrons. The van der Waals surface area contributed by atoms with Crippen LogP contribution in [0.4, 0.5) is 0 Å². The predicted octanol–water partition coefficient (Wildman–Crippen LogP) is 3.76. The van der Waals surface area contributed by atoms with E-state index in [1.807, 2.05) is 18.2 Å². The molecule has 0 amide bonds. The molecule has 2 aliphatic rings. The molecule has 2 aromatic rings. The van der Waals surface area contributed by atoms with Crippen LogP contribution in [0.3, 0.4) is 0 Å². The van der Waals surface area contributed by atoms with Crippen molar-refractivity contribution in [1.29, 1.82) is 0 Å². The van der Waals surface area contributed by atoms with Crippen molar-refractivity contribution in [2.24, 2.45) is 5.92 Å². The van der Waals surface area contributed by atoms with E-state index in [2.05, 4.69) is 11.5 Å². The first-order chi connectivity index (χ1) is 13.0. The molecule has 2 atom stereocenters. The number of pyridine rings is 1. The van der Waals surface area contributed by atoms with Crippen LogP contribution in [0, 0.1) is 5.92 Å². The highest BCUT2D eigenvalue weighted by Gasteiger charge is 2.37. The van der Waals surface area contributed by atoms with Crippen LogP contribution in [0.25, 0.3) is 10.9 Å². The van der Waals surface area contributed by atoms with Crippen LogP contribution in [-0.2, 0) is 13.1 Å². The van der Waals surface area contributed by atoms with Crippen molar-refractivity contribution in [2.75, 3.05) is 20.8 Å². The first-order valence-electron chi connectivity index (χ1n) is 9.36. The molecule has 5 nitrogen and oxygen atoms in total. The summed E-state index contributed by atoms with van der Waals surface area (Å²) in [5, 5.41) is 1.36. The van der Waals surface area contributed by atoms with Gasteiger partial charge in [-0.3, -0.25) is 9.69 Å². The normalized spacial score (nSPS) is 21.7. The fourth-order valence-electron chi connectivity index (χ4n) is 4.65. The molecular weight excluding hydrogens is 364 g/mol. The van der Waals surface area contributed by atoms with Crippen LogP contribution in [-0.4, -0.2) is 36.3 Å². The standard InChI is InChI=1S/C21H25ClN2O3/c1-13(22)10-24-18-9-20(27-3)19(26-2)8-15(18)7-16(21(24)25)12-23-11-14-4-5-17(23)6-14/h7-9,14,17H,1,4-6,10-12H2,2-3H3/t14-,17-/m0/s1. The molecule has 0 spiro atoms. The average Bonchev–Trinajstić information content (AvgIpc) is 3.27. The molecule has 4 rings (SSSR count). The minimum atomic E-state index is -0.0145. The first-order valence-corrected chi connectivity index (χ1v) is 9.73. The average molecular weight is 389 g/mol. The minimum absolute atomic E-state index is 0.0145. The lowest BCUT2D eigenvalue weighted by atomic mass is 10.1.